The molecule has 19 heavy (non-hydrogen) atoms. The van der Waals surface area contributed by atoms with Crippen molar-refractivity contribution in [2.45, 2.75) is 25.8 Å². The molecule has 1 aliphatic rings. The van der Waals surface area contributed by atoms with Gasteiger partial charge >= 0.3 is 0 Å². The van der Waals surface area contributed by atoms with Crippen LogP contribution in [0.5, 0.6) is 0 Å². The molecule has 0 amide bonds. The Hall–Kier alpha value is -1.21. The maximum Gasteiger partial charge on any atom is 0.152 e. The zero-order valence-corrected chi connectivity index (χ0v) is 12.2. The first-order valence-electron chi connectivity index (χ1n) is 6.21. The standard InChI is InChI=1S/C12H15N3O2S2/c1-8-5-18-11-10(8)13-7-14-12(11)15-9-3-2-4-19(16,17)6-9/h5,7,9H,2-4,6H2,1H3,(H,13,14,15). The van der Waals surface area contributed by atoms with Crippen LogP contribution in [0.2, 0.25) is 0 Å². The van der Waals surface area contributed by atoms with E-state index < -0.39 is 9.84 Å². The Morgan fingerprint density at radius 2 is 2.26 bits per heavy atom. The lowest BCUT2D eigenvalue weighted by atomic mass is 10.2. The molecule has 1 aliphatic heterocycles. The lowest BCUT2D eigenvalue weighted by molar-refractivity contribution is 0.561. The minimum Gasteiger partial charge on any atom is -0.365 e. The molecule has 2 aromatic rings. The Morgan fingerprint density at radius 3 is 3.05 bits per heavy atom. The fourth-order valence-corrected chi connectivity index (χ4v) is 4.99. The molecule has 2 aromatic heterocycles. The van der Waals surface area contributed by atoms with E-state index in [0.29, 0.717) is 5.75 Å². The Labute approximate surface area is 116 Å². The fraction of sp³-hybridized carbons (Fsp3) is 0.500. The molecule has 102 valence electrons. The average molecular weight is 297 g/mol. The third kappa shape index (κ3) is 2.57. The van der Waals surface area contributed by atoms with Crippen molar-refractivity contribution in [3.8, 4) is 0 Å². The summed E-state index contributed by atoms with van der Waals surface area (Å²) in [5.74, 6) is 1.26. The van der Waals surface area contributed by atoms with Crippen molar-refractivity contribution in [2.75, 3.05) is 16.8 Å². The molecule has 1 fully saturated rings. The molecule has 0 radical (unpaired) electrons. The molecule has 1 unspecified atom stereocenters. The van der Waals surface area contributed by atoms with E-state index in [1.165, 1.54) is 6.33 Å². The number of rotatable bonds is 2. The third-order valence-electron chi connectivity index (χ3n) is 3.33. The van der Waals surface area contributed by atoms with E-state index in [1.54, 1.807) is 11.3 Å². The monoisotopic (exact) mass is 297 g/mol. The van der Waals surface area contributed by atoms with Gasteiger partial charge < -0.3 is 5.32 Å². The van der Waals surface area contributed by atoms with Crippen molar-refractivity contribution in [1.29, 1.82) is 0 Å². The maximum atomic E-state index is 11.6. The van der Waals surface area contributed by atoms with Crippen molar-refractivity contribution in [3.05, 3.63) is 17.3 Å². The van der Waals surface area contributed by atoms with Crippen LogP contribution in [0.1, 0.15) is 18.4 Å². The number of nitrogens with one attached hydrogen (secondary N) is 1. The number of aromatic nitrogens is 2. The van der Waals surface area contributed by atoms with E-state index in [1.807, 2.05) is 12.3 Å². The molecule has 0 bridgehead atoms. The van der Waals surface area contributed by atoms with Gasteiger partial charge in [-0.2, -0.15) is 0 Å². The first-order valence-corrected chi connectivity index (χ1v) is 8.91. The van der Waals surface area contributed by atoms with E-state index in [9.17, 15) is 8.42 Å². The second-order valence-electron chi connectivity index (χ2n) is 4.92. The highest BCUT2D eigenvalue weighted by Crippen LogP contribution is 2.29. The highest BCUT2D eigenvalue weighted by molar-refractivity contribution is 7.91. The minimum absolute atomic E-state index is 0.0424. The SMILES string of the molecule is Cc1csc2c(NC3CCCS(=O)(=O)C3)ncnc12. The number of nitrogens with zero attached hydrogens (tertiary/aromatic N) is 2. The highest BCUT2D eigenvalue weighted by Gasteiger charge is 2.25. The number of aryl methyl sites for hydroxylation is 1. The molecule has 7 heteroatoms. The summed E-state index contributed by atoms with van der Waals surface area (Å²) in [6.45, 7) is 2.01. The third-order valence-corrected chi connectivity index (χ3v) is 6.25. The van der Waals surface area contributed by atoms with Crippen LogP contribution in [-0.4, -0.2) is 35.9 Å². The molecule has 1 N–H and O–H groups in total. The molecular formula is C12H15N3O2S2. The Bertz CT molecular complexity index is 709. The van der Waals surface area contributed by atoms with Crippen molar-refractivity contribution in [3.63, 3.8) is 0 Å². The van der Waals surface area contributed by atoms with Gasteiger partial charge in [0.1, 0.15) is 12.1 Å². The van der Waals surface area contributed by atoms with Crippen LogP contribution in [0.25, 0.3) is 10.2 Å². The summed E-state index contributed by atoms with van der Waals surface area (Å²) < 4.78 is 24.3. The summed E-state index contributed by atoms with van der Waals surface area (Å²) in [5.41, 5.74) is 2.07. The number of hydrogen-bond donors (Lipinski definition) is 1. The van der Waals surface area contributed by atoms with Gasteiger partial charge in [-0.25, -0.2) is 18.4 Å². The molecule has 0 aliphatic carbocycles. The highest BCUT2D eigenvalue weighted by atomic mass is 32.2. The van der Waals surface area contributed by atoms with Crippen molar-refractivity contribution < 1.29 is 8.42 Å². The fourth-order valence-electron chi connectivity index (χ4n) is 2.40. The maximum absolute atomic E-state index is 11.6. The van der Waals surface area contributed by atoms with Crippen molar-refractivity contribution in [1.82, 2.24) is 9.97 Å². The van der Waals surface area contributed by atoms with Crippen LogP contribution >= 0.6 is 11.3 Å². The van der Waals surface area contributed by atoms with Crippen LogP contribution < -0.4 is 5.32 Å². The first kappa shape index (κ1) is 12.8. The molecule has 1 saturated heterocycles. The van der Waals surface area contributed by atoms with Gasteiger partial charge in [0.15, 0.2) is 9.84 Å². The minimum atomic E-state index is -2.90. The van der Waals surface area contributed by atoms with Crippen LogP contribution in [0.15, 0.2) is 11.7 Å². The smallest absolute Gasteiger partial charge is 0.152 e. The Morgan fingerprint density at radius 1 is 1.42 bits per heavy atom. The Kier molecular flexibility index (Phi) is 3.18. The van der Waals surface area contributed by atoms with E-state index in [0.717, 1.165) is 34.4 Å². The zero-order valence-electron chi connectivity index (χ0n) is 10.6. The van der Waals surface area contributed by atoms with Gasteiger partial charge in [-0.05, 0) is 30.7 Å². The summed E-state index contributed by atoms with van der Waals surface area (Å²) in [6.07, 6.45) is 3.12. The van der Waals surface area contributed by atoms with Crippen molar-refractivity contribution in [2.24, 2.45) is 0 Å². The molecule has 0 spiro atoms. The molecular weight excluding hydrogens is 282 g/mol. The molecule has 3 heterocycles. The van der Waals surface area contributed by atoms with Crippen LogP contribution in [0.4, 0.5) is 5.82 Å². The number of hydrogen-bond acceptors (Lipinski definition) is 6. The van der Waals surface area contributed by atoms with E-state index in [4.69, 9.17) is 0 Å². The van der Waals surface area contributed by atoms with Crippen LogP contribution in [-0.2, 0) is 9.84 Å². The van der Waals surface area contributed by atoms with E-state index in [2.05, 4.69) is 15.3 Å². The normalized spacial score (nSPS) is 22.5. The quantitative estimate of drug-likeness (QED) is 0.918. The number of thiophene rings is 1. The summed E-state index contributed by atoms with van der Waals surface area (Å²) >= 11 is 1.59. The van der Waals surface area contributed by atoms with Gasteiger partial charge in [0.2, 0.25) is 0 Å². The molecule has 1 atom stereocenters. The lowest BCUT2D eigenvalue weighted by Crippen LogP contribution is -2.35. The number of anilines is 1. The zero-order chi connectivity index (χ0) is 13.5. The van der Waals surface area contributed by atoms with Crippen molar-refractivity contribution >= 4 is 37.2 Å². The molecule has 5 nitrogen and oxygen atoms in total. The topological polar surface area (TPSA) is 72.0 Å². The number of sulfone groups is 1. The summed E-state index contributed by atoms with van der Waals surface area (Å²) in [6, 6.07) is -0.0424. The van der Waals surface area contributed by atoms with Crippen LogP contribution in [0, 0.1) is 6.92 Å². The van der Waals surface area contributed by atoms with E-state index >= 15 is 0 Å². The molecule has 0 aromatic carbocycles. The predicted molar refractivity (Wildman–Crippen MR) is 77.5 cm³/mol. The van der Waals surface area contributed by atoms with Gasteiger partial charge in [-0.1, -0.05) is 0 Å². The second kappa shape index (κ2) is 4.72. The van der Waals surface area contributed by atoms with Gasteiger partial charge in [0.05, 0.1) is 21.7 Å². The largest absolute Gasteiger partial charge is 0.365 e. The van der Waals surface area contributed by atoms with Gasteiger partial charge in [-0.3, -0.25) is 0 Å². The Balaban J connectivity index is 1.89. The van der Waals surface area contributed by atoms with Gasteiger partial charge in [0, 0.05) is 6.04 Å². The predicted octanol–water partition coefficient (Wildman–Crippen LogP) is 1.99. The van der Waals surface area contributed by atoms with E-state index in [-0.39, 0.29) is 11.8 Å². The number of fused-ring (bicyclic) bond motifs is 1. The van der Waals surface area contributed by atoms with Gasteiger partial charge in [-0.15, -0.1) is 11.3 Å². The summed E-state index contributed by atoms with van der Waals surface area (Å²) in [4.78, 5) is 8.52. The molecule has 3 rings (SSSR count). The second-order valence-corrected chi connectivity index (χ2v) is 8.02. The average Bonchev–Trinajstić information content (AvgIpc) is 2.71. The summed E-state index contributed by atoms with van der Waals surface area (Å²) in [7, 11) is -2.90. The first-order chi connectivity index (χ1) is 9.05. The lowest BCUT2D eigenvalue weighted by Gasteiger charge is -2.23. The summed E-state index contributed by atoms with van der Waals surface area (Å²) in [5, 5.41) is 5.32. The van der Waals surface area contributed by atoms with Crippen LogP contribution in [0.3, 0.4) is 0 Å². The molecule has 0 saturated carbocycles. The van der Waals surface area contributed by atoms with Gasteiger partial charge in [0.25, 0.3) is 0 Å².